The van der Waals surface area contributed by atoms with Gasteiger partial charge in [-0.15, -0.1) is 0 Å². The Kier molecular flexibility index (Phi) is 6.22. The highest BCUT2D eigenvalue weighted by Gasteiger charge is 2.42. The van der Waals surface area contributed by atoms with Crippen LogP contribution in [0.15, 0.2) is 42.5 Å². The number of carbonyl (C=O) groups is 1. The molecule has 1 N–H and O–H groups in total. The van der Waals surface area contributed by atoms with E-state index in [1.165, 1.54) is 16.7 Å². The lowest BCUT2D eigenvalue weighted by Gasteiger charge is -2.36. The first kappa shape index (κ1) is 22.0. The zero-order valence-electron chi connectivity index (χ0n) is 18.3. The molecule has 2 heterocycles. The third kappa shape index (κ3) is 5.18. The van der Waals surface area contributed by atoms with Gasteiger partial charge in [-0.25, -0.2) is 8.42 Å². The van der Waals surface area contributed by atoms with Gasteiger partial charge in [0.25, 0.3) is 0 Å². The van der Waals surface area contributed by atoms with Crippen LogP contribution in [0.4, 0.5) is 0 Å². The second-order valence-electron chi connectivity index (χ2n) is 9.22. The van der Waals surface area contributed by atoms with E-state index in [9.17, 15) is 13.2 Å². The number of hydrogen-bond acceptors (Lipinski definition) is 4. The molecule has 0 unspecified atom stereocenters. The van der Waals surface area contributed by atoms with Crippen LogP contribution >= 0.6 is 0 Å². The zero-order valence-corrected chi connectivity index (χ0v) is 19.1. The molecule has 2 aromatic carbocycles. The van der Waals surface area contributed by atoms with Crippen molar-refractivity contribution in [3.63, 3.8) is 0 Å². The maximum absolute atomic E-state index is 13.3. The molecule has 2 saturated heterocycles. The van der Waals surface area contributed by atoms with E-state index in [0.29, 0.717) is 38.9 Å². The highest BCUT2D eigenvalue weighted by Crippen LogP contribution is 2.36. The highest BCUT2D eigenvalue weighted by atomic mass is 32.2. The largest absolute Gasteiger partial charge is 0.381 e. The van der Waals surface area contributed by atoms with Gasteiger partial charge in [-0.1, -0.05) is 53.6 Å². The van der Waals surface area contributed by atoms with Crippen molar-refractivity contribution in [1.29, 1.82) is 0 Å². The van der Waals surface area contributed by atoms with Crippen LogP contribution < -0.4 is 5.32 Å². The number of amides is 1. The van der Waals surface area contributed by atoms with Gasteiger partial charge in [0.15, 0.2) is 9.84 Å². The maximum atomic E-state index is 13.3. The summed E-state index contributed by atoms with van der Waals surface area (Å²) >= 11 is 0. The molecule has 1 amide bonds. The fourth-order valence-corrected chi connectivity index (χ4v) is 6.51. The summed E-state index contributed by atoms with van der Waals surface area (Å²) in [6, 6.07) is 14.7. The molecule has 2 aliphatic rings. The van der Waals surface area contributed by atoms with Gasteiger partial charge in [0.2, 0.25) is 5.91 Å². The Morgan fingerprint density at radius 2 is 1.68 bits per heavy atom. The molecule has 5 nitrogen and oxygen atoms in total. The Labute approximate surface area is 185 Å². The van der Waals surface area contributed by atoms with Gasteiger partial charge in [0.05, 0.1) is 16.9 Å². The van der Waals surface area contributed by atoms with E-state index in [4.69, 9.17) is 4.74 Å². The molecule has 166 valence electrons. The predicted molar refractivity (Wildman–Crippen MR) is 123 cm³/mol. The average molecular weight is 442 g/mol. The van der Waals surface area contributed by atoms with Crippen molar-refractivity contribution in [2.24, 2.45) is 5.41 Å². The topological polar surface area (TPSA) is 72.5 Å². The number of rotatable bonds is 5. The maximum Gasteiger partial charge on any atom is 0.226 e. The van der Waals surface area contributed by atoms with E-state index < -0.39 is 15.3 Å². The van der Waals surface area contributed by atoms with Crippen LogP contribution in [-0.2, 0) is 25.8 Å². The van der Waals surface area contributed by atoms with Crippen molar-refractivity contribution in [3.8, 4) is 11.1 Å². The quantitative estimate of drug-likeness (QED) is 0.769. The predicted octanol–water partition coefficient (Wildman–Crippen LogP) is 3.61. The molecule has 0 radical (unpaired) electrons. The second-order valence-corrected chi connectivity index (χ2v) is 11.4. The van der Waals surface area contributed by atoms with E-state index in [2.05, 4.69) is 61.6 Å². The van der Waals surface area contributed by atoms with Gasteiger partial charge in [-0.3, -0.25) is 4.79 Å². The number of hydrogen-bond donors (Lipinski definition) is 1. The molecule has 2 aliphatic heterocycles. The van der Waals surface area contributed by atoms with Crippen molar-refractivity contribution in [3.05, 3.63) is 59.2 Å². The summed E-state index contributed by atoms with van der Waals surface area (Å²) in [5.41, 5.74) is 5.41. The average Bonchev–Trinajstić information content (AvgIpc) is 3.06. The molecule has 31 heavy (non-hydrogen) atoms. The van der Waals surface area contributed by atoms with Gasteiger partial charge in [-0.2, -0.15) is 0 Å². The van der Waals surface area contributed by atoms with E-state index >= 15 is 0 Å². The summed E-state index contributed by atoms with van der Waals surface area (Å²) in [7, 11) is -3.03. The van der Waals surface area contributed by atoms with E-state index in [1.807, 2.05) is 0 Å². The summed E-state index contributed by atoms with van der Waals surface area (Å²) in [5.74, 6) is 0.181. The summed E-state index contributed by atoms with van der Waals surface area (Å²) in [4.78, 5) is 13.3. The molecule has 0 bridgehead atoms. The molecule has 2 aromatic rings. The monoisotopic (exact) mass is 441 g/mol. The standard InChI is InChI=1S/C25H31NO4S/c1-18-13-19(2)15-22(14-18)21-5-3-20(4-6-21)16-25(8-10-30-11-9-25)24(27)26-23-7-12-31(28,29)17-23/h3-6,13-15,23H,7-12,16-17H2,1-2H3,(H,26,27)/t23-/m1/s1. The first-order valence-corrected chi connectivity index (χ1v) is 12.8. The lowest BCUT2D eigenvalue weighted by atomic mass is 9.74. The Bertz CT molecular complexity index is 1030. The van der Waals surface area contributed by atoms with Gasteiger partial charge < -0.3 is 10.1 Å². The Morgan fingerprint density at radius 1 is 1.03 bits per heavy atom. The van der Waals surface area contributed by atoms with Crippen LogP contribution in [0.25, 0.3) is 11.1 Å². The molecule has 0 aliphatic carbocycles. The van der Waals surface area contributed by atoms with Gasteiger partial charge in [-0.05, 0) is 56.2 Å². The Balaban J connectivity index is 1.51. The summed E-state index contributed by atoms with van der Waals surface area (Å²) in [6.07, 6.45) is 2.44. The molecular weight excluding hydrogens is 410 g/mol. The lowest BCUT2D eigenvalue weighted by molar-refractivity contribution is -0.137. The highest BCUT2D eigenvalue weighted by molar-refractivity contribution is 7.91. The van der Waals surface area contributed by atoms with Crippen molar-refractivity contribution >= 4 is 15.7 Å². The summed E-state index contributed by atoms with van der Waals surface area (Å²) in [5, 5.41) is 3.04. The molecule has 4 rings (SSSR count). The first-order valence-electron chi connectivity index (χ1n) is 11.0. The van der Waals surface area contributed by atoms with Crippen molar-refractivity contribution in [2.75, 3.05) is 24.7 Å². The lowest BCUT2D eigenvalue weighted by Crippen LogP contribution is -2.49. The third-order valence-corrected chi connectivity index (χ3v) is 8.32. The SMILES string of the molecule is Cc1cc(C)cc(-c2ccc(CC3(C(=O)N[C@@H]4CCS(=O)(=O)C4)CCOCC3)cc2)c1. The summed E-state index contributed by atoms with van der Waals surface area (Å²) < 4.78 is 29.1. The van der Waals surface area contributed by atoms with Crippen LogP contribution in [0.1, 0.15) is 36.0 Å². The van der Waals surface area contributed by atoms with Crippen LogP contribution in [0.2, 0.25) is 0 Å². The van der Waals surface area contributed by atoms with Crippen LogP contribution in [-0.4, -0.2) is 45.1 Å². The van der Waals surface area contributed by atoms with Crippen LogP contribution in [0.3, 0.4) is 0 Å². The normalized spacial score (nSPS) is 22.2. The van der Waals surface area contributed by atoms with E-state index in [0.717, 1.165) is 11.1 Å². The van der Waals surface area contributed by atoms with Gasteiger partial charge in [0, 0.05) is 19.3 Å². The van der Waals surface area contributed by atoms with Crippen LogP contribution in [0, 0.1) is 19.3 Å². The van der Waals surface area contributed by atoms with E-state index in [-0.39, 0.29) is 23.5 Å². The van der Waals surface area contributed by atoms with Crippen LogP contribution in [0.5, 0.6) is 0 Å². The minimum absolute atomic E-state index is 0.0312. The first-order chi connectivity index (χ1) is 14.7. The molecule has 1 atom stereocenters. The van der Waals surface area contributed by atoms with Gasteiger partial charge in [0.1, 0.15) is 0 Å². The fraction of sp³-hybridized carbons (Fsp3) is 0.480. The summed E-state index contributed by atoms with van der Waals surface area (Å²) in [6.45, 7) is 5.32. The minimum Gasteiger partial charge on any atom is -0.381 e. The molecule has 2 fully saturated rings. The van der Waals surface area contributed by atoms with Crippen molar-refractivity contribution < 1.29 is 17.9 Å². The zero-order chi connectivity index (χ0) is 22.1. The Hall–Kier alpha value is -2.18. The third-order valence-electron chi connectivity index (χ3n) is 6.55. The van der Waals surface area contributed by atoms with Crippen molar-refractivity contribution in [2.45, 2.75) is 45.6 Å². The smallest absolute Gasteiger partial charge is 0.226 e. The number of nitrogens with one attached hydrogen (secondary N) is 1. The van der Waals surface area contributed by atoms with Gasteiger partial charge >= 0.3 is 0 Å². The second kappa shape index (κ2) is 8.75. The minimum atomic E-state index is -3.03. The van der Waals surface area contributed by atoms with Crippen molar-refractivity contribution in [1.82, 2.24) is 5.32 Å². The fourth-order valence-electron chi connectivity index (χ4n) is 4.84. The number of ether oxygens (including phenoxy) is 1. The number of aryl methyl sites for hydroxylation is 2. The molecular formula is C25H31NO4S. The number of carbonyl (C=O) groups excluding carboxylic acids is 1. The molecule has 0 saturated carbocycles. The number of benzene rings is 2. The molecule has 6 heteroatoms. The molecule has 0 aromatic heterocycles. The number of sulfone groups is 1. The Morgan fingerprint density at radius 3 is 2.26 bits per heavy atom. The van der Waals surface area contributed by atoms with E-state index in [1.54, 1.807) is 0 Å². The molecule has 0 spiro atoms.